The lowest BCUT2D eigenvalue weighted by Crippen LogP contribution is -2.26. The molecule has 0 atom stereocenters. The van der Waals surface area contributed by atoms with E-state index in [4.69, 9.17) is 13.7 Å². The number of hydrogen-bond donors (Lipinski definition) is 0. The lowest BCUT2D eigenvalue weighted by atomic mass is 10.0. The number of sulfonamides is 2. The fraction of sp³-hybridized carbons (Fsp3) is 0.333. The zero-order valence-electron chi connectivity index (χ0n) is 27.2. The molecule has 2 aromatic carbocycles. The molecule has 1 amide bonds. The van der Waals surface area contributed by atoms with Crippen molar-refractivity contribution in [2.45, 2.75) is 26.7 Å². The Balaban J connectivity index is 0.000000264. The highest BCUT2D eigenvalue weighted by molar-refractivity contribution is 9.11. The van der Waals surface area contributed by atoms with Crippen molar-refractivity contribution in [1.82, 2.24) is 5.06 Å². The number of benzene rings is 2. The number of Topliss-reactive ketones (excluding diaryl/α,β-unsaturated/α-hetero) is 2. The number of carbonyl (C=O) groups excluding carboxylic acids is 4. The first-order valence-corrected chi connectivity index (χ1v) is 19.2. The first-order chi connectivity index (χ1) is 22.2. The Kier molecular flexibility index (Phi) is 12.1. The molecule has 0 saturated heterocycles. The quantitative estimate of drug-likeness (QED) is 0.101. The van der Waals surface area contributed by atoms with Gasteiger partial charge in [0.15, 0.2) is 23.6 Å². The van der Waals surface area contributed by atoms with Gasteiger partial charge < -0.3 is 8.83 Å². The Labute approximate surface area is 294 Å². The Morgan fingerprint density at radius 3 is 1.58 bits per heavy atom. The lowest BCUT2D eigenvalue weighted by Gasteiger charge is -2.18. The van der Waals surface area contributed by atoms with Gasteiger partial charge in [-0.3, -0.25) is 32.6 Å². The molecule has 0 aliphatic heterocycles. The van der Waals surface area contributed by atoms with Crippen molar-refractivity contribution in [2.24, 2.45) is 0 Å². The van der Waals surface area contributed by atoms with Crippen LogP contribution in [0.25, 0.3) is 21.9 Å². The van der Waals surface area contributed by atoms with E-state index in [0.717, 1.165) is 26.2 Å². The van der Waals surface area contributed by atoms with E-state index in [-0.39, 0.29) is 58.2 Å². The minimum absolute atomic E-state index is 0.0482. The fourth-order valence-electron chi connectivity index (χ4n) is 4.45. The SMILES string of the molecule is CCC(=O)c1c(C(=O)N(C)OC)oc2cc(N(C)S(C)(=O)=O)c(Br)cc12.CCC(=O)c1c(C=O)oc2cc(N(C)S(C)(=O)=O)c(Br)cc12. The van der Waals surface area contributed by atoms with Crippen LogP contribution in [-0.4, -0.2) is 86.4 Å². The number of carbonyl (C=O) groups is 4. The summed E-state index contributed by atoms with van der Waals surface area (Å²) in [5.74, 6) is -1.30. The normalized spacial score (nSPS) is 11.6. The number of furan rings is 2. The number of fused-ring (bicyclic) bond motifs is 2. The van der Waals surface area contributed by atoms with Gasteiger partial charge in [0.2, 0.25) is 25.8 Å². The van der Waals surface area contributed by atoms with Gasteiger partial charge in [-0.05, 0) is 44.0 Å². The summed E-state index contributed by atoms with van der Waals surface area (Å²) in [6.45, 7) is 3.37. The van der Waals surface area contributed by atoms with Gasteiger partial charge in [-0.1, -0.05) is 13.8 Å². The summed E-state index contributed by atoms with van der Waals surface area (Å²) in [5.41, 5.74) is 1.56. The third-order valence-electron chi connectivity index (χ3n) is 7.28. The van der Waals surface area contributed by atoms with E-state index in [2.05, 4.69) is 31.9 Å². The highest BCUT2D eigenvalue weighted by Gasteiger charge is 2.29. The molecule has 48 heavy (non-hydrogen) atoms. The van der Waals surface area contributed by atoms with E-state index in [1.807, 2.05) is 0 Å². The van der Waals surface area contributed by atoms with Crippen molar-refractivity contribution >= 4 is 109 Å². The fourth-order valence-corrected chi connectivity index (χ4v) is 6.92. The maximum Gasteiger partial charge on any atom is 0.313 e. The maximum absolute atomic E-state index is 12.5. The standard InChI is InChI=1S/C16H19BrN2O6S.C14H14BrNO5S/c1-6-12(20)14-9-7-10(17)11(19(3)26(5,22)23)8-13(9)25-15(14)16(21)18(2)24-4;1-4-11(18)14-8-5-9(15)10(16(2)22(3,19)20)6-12(8)21-13(14)7-17/h7-8H,6H2,1-5H3;5-7H,4H2,1-3H3. The van der Waals surface area contributed by atoms with Crippen LogP contribution in [0.3, 0.4) is 0 Å². The third kappa shape index (κ3) is 7.83. The minimum Gasteiger partial charge on any atom is -0.452 e. The number of hydrogen-bond acceptors (Lipinski definition) is 11. The van der Waals surface area contributed by atoms with E-state index in [9.17, 15) is 36.0 Å². The van der Waals surface area contributed by atoms with Crippen LogP contribution in [0.2, 0.25) is 0 Å². The third-order valence-corrected chi connectivity index (χ3v) is 10.9. The molecule has 0 fully saturated rings. The van der Waals surface area contributed by atoms with Crippen LogP contribution in [0.4, 0.5) is 11.4 Å². The predicted molar refractivity (Wildman–Crippen MR) is 188 cm³/mol. The van der Waals surface area contributed by atoms with Crippen LogP contribution >= 0.6 is 31.9 Å². The lowest BCUT2D eigenvalue weighted by molar-refractivity contribution is -0.0772. The summed E-state index contributed by atoms with van der Waals surface area (Å²) in [6, 6.07) is 6.12. The molecule has 0 radical (unpaired) electrons. The molecule has 14 nitrogen and oxygen atoms in total. The van der Waals surface area contributed by atoms with Gasteiger partial charge in [-0.2, -0.15) is 0 Å². The second-order valence-electron chi connectivity index (χ2n) is 10.4. The second kappa shape index (κ2) is 14.9. The van der Waals surface area contributed by atoms with Crippen molar-refractivity contribution in [1.29, 1.82) is 0 Å². The summed E-state index contributed by atoms with van der Waals surface area (Å²) in [4.78, 5) is 52.9. The molecule has 0 N–H and O–H groups in total. The number of aldehydes is 1. The summed E-state index contributed by atoms with van der Waals surface area (Å²) in [5, 5.41) is 1.84. The van der Waals surface area contributed by atoms with Crippen molar-refractivity contribution in [2.75, 3.05) is 49.4 Å². The average Bonchev–Trinajstić information content (AvgIpc) is 3.58. The molecule has 18 heteroatoms. The second-order valence-corrected chi connectivity index (χ2v) is 16.1. The van der Waals surface area contributed by atoms with Gasteiger partial charge in [-0.15, -0.1) is 0 Å². The zero-order valence-corrected chi connectivity index (χ0v) is 32.0. The average molecular weight is 836 g/mol. The molecule has 4 aromatic rings. The van der Waals surface area contributed by atoms with Crippen LogP contribution in [0, 0.1) is 0 Å². The molecule has 0 spiro atoms. The van der Waals surface area contributed by atoms with Crippen LogP contribution in [-0.2, 0) is 24.9 Å². The van der Waals surface area contributed by atoms with E-state index < -0.39 is 26.0 Å². The molecule has 2 aromatic heterocycles. The van der Waals surface area contributed by atoms with Gasteiger partial charge in [0.1, 0.15) is 11.2 Å². The van der Waals surface area contributed by atoms with E-state index >= 15 is 0 Å². The number of anilines is 2. The molecule has 0 aliphatic rings. The van der Waals surface area contributed by atoms with Gasteiger partial charge in [0.25, 0.3) is 0 Å². The summed E-state index contributed by atoms with van der Waals surface area (Å²) in [7, 11) is -1.44. The predicted octanol–water partition coefficient (Wildman–Crippen LogP) is 5.81. The molecular formula is C30H33Br2N3O11S2. The number of hydroxylamine groups is 2. The number of rotatable bonds is 11. The topological polar surface area (TPSA) is 182 Å². The van der Waals surface area contributed by atoms with Crippen LogP contribution in [0.5, 0.6) is 0 Å². The van der Waals surface area contributed by atoms with Crippen LogP contribution < -0.4 is 8.61 Å². The van der Waals surface area contributed by atoms with Crippen LogP contribution in [0.15, 0.2) is 42.0 Å². The van der Waals surface area contributed by atoms with Gasteiger partial charge in [0.05, 0.1) is 42.1 Å². The van der Waals surface area contributed by atoms with E-state index in [1.165, 1.54) is 40.4 Å². The molecule has 0 saturated carbocycles. The highest BCUT2D eigenvalue weighted by Crippen LogP contribution is 2.38. The molecule has 0 unspecified atom stereocenters. The summed E-state index contributed by atoms with van der Waals surface area (Å²) in [6.07, 6.45) is 3.04. The Morgan fingerprint density at radius 2 is 1.19 bits per heavy atom. The zero-order chi connectivity index (χ0) is 36.5. The Hall–Kier alpha value is -3.58. The summed E-state index contributed by atoms with van der Waals surface area (Å²) < 4.78 is 61.1. The molecule has 260 valence electrons. The Morgan fingerprint density at radius 1 is 0.771 bits per heavy atom. The van der Waals surface area contributed by atoms with Gasteiger partial charge >= 0.3 is 5.91 Å². The number of amides is 1. The number of halogens is 2. The van der Waals surface area contributed by atoms with Crippen molar-refractivity contribution in [3.05, 3.63) is 55.9 Å². The molecule has 0 bridgehead atoms. The molecule has 2 heterocycles. The molecular weight excluding hydrogens is 802 g/mol. The van der Waals surface area contributed by atoms with Gasteiger partial charge in [0, 0.05) is 65.8 Å². The summed E-state index contributed by atoms with van der Waals surface area (Å²) >= 11 is 6.62. The smallest absolute Gasteiger partial charge is 0.313 e. The van der Waals surface area contributed by atoms with Crippen molar-refractivity contribution in [3.8, 4) is 0 Å². The molecule has 4 rings (SSSR count). The highest BCUT2D eigenvalue weighted by atomic mass is 79.9. The minimum atomic E-state index is -3.51. The number of nitrogens with zero attached hydrogens (tertiary/aromatic N) is 3. The van der Waals surface area contributed by atoms with Crippen molar-refractivity contribution in [3.63, 3.8) is 0 Å². The van der Waals surface area contributed by atoms with Gasteiger partial charge in [-0.25, -0.2) is 21.9 Å². The largest absolute Gasteiger partial charge is 0.452 e. The first-order valence-electron chi connectivity index (χ1n) is 14.0. The van der Waals surface area contributed by atoms with E-state index in [1.54, 1.807) is 26.0 Å². The first kappa shape index (κ1) is 38.9. The van der Waals surface area contributed by atoms with Crippen LogP contribution in [0.1, 0.15) is 68.5 Å². The van der Waals surface area contributed by atoms with Crippen molar-refractivity contribution < 1.29 is 49.7 Å². The maximum atomic E-state index is 12.5. The number of ketones is 2. The molecule has 0 aliphatic carbocycles. The Bertz CT molecular complexity index is 2160. The van der Waals surface area contributed by atoms with E-state index in [0.29, 0.717) is 37.4 Å². The monoisotopic (exact) mass is 833 g/mol.